The molecule has 0 amide bonds. The fourth-order valence-corrected chi connectivity index (χ4v) is 0.624. The van der Waals surface area contributed by atoms with Crippen molar-refractivity contribution in [2.24, 2.45) is 0 Å². The third-order valence-electron chi connectivity index (χ3n) is 1.22. The van der Waals surface area contributed by atoms with Crippen LogP contribution in [0.15, 0.2) is 10.6 Å². The molecule has 0 radical (unpaired) electrons. The number of aryl methyl sites for hydroxylation is 1. The van der Waals surface area contributed by atoms with Crippen LogP contribution in [0.5, 0.6) is 0 Å². The highest BCUT2D eigenvalue weighted by Crippen LogP contribution is 2.27. The molecule has 0 unspecified atom stereocenters. The molecule has 0 atom stereocenters. The van der Waals surface area contributed by atoms with Crippen LogP contribution in [0.2, 0.25) is 0 Å². The monoisotopic (exact) mass is 177 g/mol. The third kappa shape index (κ3) is 1.27. The van der Waals surface area contributed by atoms with Crippen molar-refractivity contribution in [3.63, 3.8) is 0 Å². The molecule has 0 bridgehead atoms. The molecule has 1 aromatic rings. The van der Waals surface area contributed by atoms with Gasteiger partial charge >= 0.3 is 11.9 Å². The van der Waals surface area contributed by atoms with Gasteiger partial charge in [0.15, 0.2) is 5.69 Å². The molecular formula is C6H5F2NO3. The van der Waals surface area contributed by atoms with E-state index in [4.69, 9.17) is 5.11 Å². The maximum atomic E-state index is 12.6. The fraction of sp³-hybridized carbons (Fsp3) is 0.333. The normalized spacial score (nSPS) is 11.6. The number of hydrogen-bond donors (Lipinski definition) is 1. The van der Waals surface area contributed by atoms with E-state index in [-0.39, 0.29) is 5.76 Å². The second-order valence-corrected chi connectivity index (χ2v) is 2.20. The number of carboxylic acid groups (broad SMARTS) is 1. The van der Waals surface area contributed by atoms with E-state index in [0.29, 0.717) is 0 Å². The van der Waals surface area contributed by atoms with Crippen LogP contribution >= 0.6 is 0 Å². The van der Waals surface area contributed by atoms with Crippen LogP contribution in [0, 0.1) is 6.92 Å². The van der Waals surface area contributed by atoms with E-state index in [1.807, 2.05) is 0 Å². The Morgan fingerprint density at radius 2 is 2.33 bits per heavy atom. The van der Waals surface area contributed by atoms with Gasteiger partial charge in [-0.2, -0.15) is 8.78 Å². The SMILES string of the molecule is Cc1cc(C(F)(F)C(=O)O)no1. The number of alkyl halides is 2. The number of rotatable bonds is 2. The highest BCUT2D eigenvalue weighted by atomic mass is 19.3. The molecule has 4 nitrogen and oxygen atoms in total. The molecule has 1 N–H and O–H groups in total. The summed E-state index contributed by atoms with van der Waals surface area (Å²) in [5, 5.41) is 11.0. The number of nitrogens with zero attached hydrogens (tertiary/aromatic N) is 1. The highest BCUT2D eigenvalue weighted by Gasteiger charge is 2.44. The van der Waals surface area contributed by atoms with Crippen molar-refractivity contribution in [2.45, 2.75) is 12.8 Å². The van der Waals surface area contributed by atoms with Crippen molar-refractivity contribution in [3.05, 3.63) is 17.5 Å². The average Bonchev–Trinajstić information content (AvgIpc) is 2.35. The second-order valence-electron chi connectivity index (χ2n) is 2.20. The molecule has 0 saturated heterocycles. The van der Waals surface area contributed by atoms with Gasteiger partial charge in [0, 0.05) is 6.07 Å². The van der Waals surface area contributed by atoms with Gasteiger partial charge in [-0.3, -0.25) is 0 Å². The first-order valence-electron chi connectivity index (χ1n) is 2.99. The van der Waals surface area contributed by atoms with Crippen molar-refractivity contribution >= 4 is 5.97 Å². The Labute approximate surface area is 65.8 Å². The molecule has 0 aliphatic heterocycles. The molecule has 0 aliphatic carbocycles. The molecule has 0 fully saturated rings. The number of aromatic nitrogens is 1. The standard InChI is InChI=1S/C6H5F2NO3/c1-3-2-4(9-12-3)6(7,8)5(10)11/h2H,1H3,(H,10,11). The summed E-state index contributed by atoms with van der Waals surface area (Å²) in [6.07, 6.45) is 0. The van der Waals surface area contributed by atoms with E-state index in [1.165, 1.54) is 6.92 Å². The molecule has 6 heteroatoms. The van der Waals surface area contributed by atoms with Crippen molar-refractivity contribution in [1.82, 2.24) is 5.16 Å². The zero-order valence-electron chi connectivity index (χ0n) is 6.04. The molecule has 0 aromatic carbocycles. The predicted octanol–water partition coefficient (Wildman–Crippen LogP) is 1.16. The quantitative estimate of drug-likeness (QED) is 0.736. The Bertz CT molecular complexity index is 307. The number of aliphatic carboxylic acids is 1. The van der Waals surface area contributed by atoms with Crippen LogP contribution in [0.4, 0.5) is 8.78 Å². The van der Waals surface area contributed by atoms with Gasteiger partial charge in [-0.05, 0) is 6.92 Å². The van der Waals surface area contributed by atoms with Gasteiger partial charge in [0.05, 0.1) is 0 Å². The fourth-order valence-electron chi connectivity index (χ4n) is 0.624. The van der Waals surface area contributed by atoms with Crippen molar-refractivity contribution in [2.75, 3.05) is 0 Å². The predicted molar refractivity (Wildman–Crippen MR) is 32.8 cm³/mol. The summed E-state index contributed by atoms with van der Waals surface area (Å²) in [4.78, 5) is 10.00. The first-order chi connectivity index (χ1) is 5.44. The van der Waals surface area contributed by atoms with Crippen LogP contribution in [0.25, 0.3) is 0 Å². The van der Waals surface area contributed by atoms with E-state index in [0.717, 1.165) is 6.07 Å². The van der Waals surface area contributed by atoms with E-state index >= 15 is 0 Å². The summed E-state index contributed by atoms with van der Waals surface area (Å²) >= 11 is 0. The largest absolute Gasteiger partial charge is 0.476 e. The molecule has 0 aliphatic rings. The van der Waals surface area contributed by atoms with E-state index < -0.39 is 17.6 Å². The van der Waals surface area contributed by atoms with Crippen LogP contribution in [-0.4, -0.2) is 16.2 Å². The molecular weight excluding hydrogens is 172 g/mol. The molecule has 0 saturated carbocycles. The topological polar surface area (TPSA) is 63.3 Å². The third-order valence-corrected chi connectivity index (χ3v) is 1.22. The lowest BCUT2D eigenvalue weighted by Crippen LogP contribution is -2.25. The number of carboxylic acids is 1. The molecule has 12 heavy (non-hydrogen) atoms. The smallest absolute Gasteiger partial charge is 0.387 e. The summed E-state index contributed by atoms with van der Waals surface area (Å²) in [7, 11) is 0. The maximum absolute atomic E-state index is 12.6. The van der Waals surface area contributed by atoms with Gasteiger partial charge in [0.25, 0.3) is 0 Å². The minimum Gasteiger partial charge on any atom is -0.476 e. The molecule has 66 valence electrons. The van der Waals surface area contributed by atoms with Gasteiger partial charge in [-0.1, -0.05) is 5.16 Å². The van der Waals surface area contributed by atoms with E-state index in [9.17, 15) is 13.6 Å². The Hall–Kier alpha value is -1.46. The molecule has 1 rings (SSSR count). The Kier molecular flexibility index (Phi) is 1.83. The number of carbonyl (C=O) groups is 1. The molecule has 1 aromatic heterocycles. The average molecular weight is 177 g/mol. The first kappa shape index (κ1) is 8.63. The second kappa shape index (κ2) is 2.54. The summed E-state index contributed by atoms with van der Waals surface area (Å²) in [5.41, 5.74) is -0.882. The van der Waals surface area contributed by atoms with Crippen LogP contribution in [0.1, 0.15) is 11.5 Å². The Balaban J connectivity index is 3.05. The van der Waals surface area contributed by atoms with Gasteiger partial charge in [0.2, 0.25) is 0 Å². The van der Waals surface area contributed by atoms with Crippen molar-refractivity contribution in [1.29, 1.82) is 0 Å². The van der Waals surface area contributed by atoms with Crippen LogP contribution in [-0.2, 0) is 10.7 Å². The zero-order chi connectivity index (χ0) is 9.35. The Morgan fingerprint density at radius 1 is 1.75 bits per heavy atom. The lowest BCUT2D eigenvalue weighted by atomic mass is 10.2. The maximum Gasteiger partial charge on any atom is 0.387 e. The lowest BCUT2D eigenvalue weighted by molar-refractivity contribution is -0.167. The van der Waals surface area contributed by atoms with Crippen LogP contribution in [0.3, 0.4) is 0 Å². The Morgan fingerprint density at radius 3 is 2.67 bits per heavy atom. The van der Waals surface area contributed by atoms with E-state index in [1.54, 1.807) is 0 Å². The van der Waals surface area contributed by atoms with E-state index in [2.05, 4.69) is 9.68 Å². The number of hydrogen-bond acceptors (Lipinski definition) is 3. The number of halogens is 2. The summed E-state index contributed by atoms with van der Waals surface area (Å²) in [6.45, 7) is 1.40. The highest BCUT2D eigenvalue weighted by molar-refractivity contribution is 5.76. The first-order valence-corrected chi connectivity index (χ1v) is 2.99. The lowest BCUT2D eigenvalue weighted by Gasteiger charge is -2.04. The summed E-state index contributed by atoms with van der Waals surface area (Å²) in [6, 6.07) is 0.883. The minimum atomic E-state index is -3.97. The zero-order valence-corrected chi connectivity index (χ0v) is 6.04. The minimum absolute atomic E-state index is 0.144. The molecule has 0 spiro atoms. The summed E-state index contributed by atoms with van der Waals surface area (Å²) in [5.74, 6) is -6.07. The van der Waals surface area contributed by atoms with Crippen LogP contribution < -0.4 is 0 Å². The van der Waals surface area contributed by atoms with Gasteiger partial charge < -0.3 is 9.63 Å². The molecule has 1 heterocycles. The van der Waals surface area contributed by atoms with Crippen molar-refractivity contribution in [3.8, 4) is 0 Å². The van der Waals surface area contributed by atoms with Gasteiger partial charge in [-0.25, -0.2) is 4.79 Å². The van der Waals surface area contributed by atoms with Crippen molar-refractivity contribution < 1.29 is 23.2 Å². The van der Waals surface area contributed by atoms with Gasteiger partial charge in [0.1, 0.15) is 5.76 Å². The van der Waals surface area contributed by atoms with Gasteiger partial charge in [-0.15, -0.1) is 0 Å². The summed E-state index contributed by atoms with van der Waals surface area (Å²) < 4.78 is 29.4.